The number of phosphoric ester groups is 1. The number of rotatable bonds is 8. The van der Waals surface area contributed by atoms with Gasteiger partial charge in [-0.25, -0.2) is 23.1 Å². The van der Waals surface area contributed by atoms with E-state index < -0.39 is 54.2 Å². The number of nitrogens with two attached hydrogens (primary N) is 1. The number of terminal acetylenes is 1. The van der Waals surface area contributed by atoms with Gasteiger partial charge in [0.2, 0.25) is 10.4 Å². The number of phosphoric acid groups is 3. The van der Waals surface area contributed by atoms with E-state index in [1.807, 2.05) is 0 Å². The molecule has 31 heavy (non-hydrogen) atoms. The molecule has 2 heterocycles. The quantitative estimate of drug-likeness (QED) is 0.150. The van der Waals surface area contributed by atoms with E-state index in [-0.39, 0.29) is 10.6 Å². The number of alkyl halides is 1. The average molecular weight is 525 g/mol. The van der Waals surface area contributed by atoms with Gasteiger partial charge in [0.05, 0.1) is 6.61 Å². The van der Waals surface area contributed by atoms with Crippen molar-refractivity contribution in [2.75, 3.05) is 12.3 Å². The summed E-state index contributed by atoms with van der Waals surface area (Å²) in [5, 5.41) is 10.5. The molecule has 3 unspecified atom stereocenters. The van der Waals surface area contributed by atoms with E-state index in [1.54, 1.807) is 5.92 Å². The summed E-state index contributed by atoms with van der Waals surface area (Å²) in [6, 6.07) is 1.24. The van der Waals surface area contributed by atoms with Crippen molar-refractivity contribution in [3.05, 3.63) is 17.0 Å². The van der Waals surface area contributed by atoms with Crippen LogP contribution in [0.4, 0.5) is 10.2 Å². The molecule has 0 amide bonds. The monoisotopic (exact) mass is 525 g/mol. The van der Waals surface area contributed by atoms with Crippen molar-refractivity contribution in [3.63, 3.8) is 0 Å². The van der Waals surface area contributed by atoms with Crippen LogP contribution in [-0.2, 0) is 31.6 Å². The molecular weight excluding hydrogens is 510 g/mol. The zero-order valence-corrected chi connectivity index (χ0v) is 18.4. The molecule has 1 aliphatic rings. The van der Waals surface area contributed by atoms with E-state index in [4.69, 9.17) is 43.8 Å². The van der Waals surface area contributed by atoms with Crippen molar-refractivity contribution in [3.8, 4) is 12.3 Å². The number of aliphatic hydroxyl groups is 1. The molecule has 0 bridgehead atoms. The van der Waals surface area contributed by atoms with Crippen LogP contribution in [0.2, 0.25) is 0 Å². The van der Waals surface area contributed by atoms with Crippen LogP contribution >= 0.6 is 35.7 Å². The van der Waals surface area contributed by atoms with Gasteiger partial charge in [-0.15, -0.1) is 6.42 Å². The Hall–Kier alpha value is -1.08. The van der Waals surface area contributed by atoms with Crippen LogP contribution in [0.1, 0.15) is 6.23 Å². The Morgan fingerprint density at radius 1 is 1.32 bits per heavy atom. The third-order valence-corrected chi connectivity index (χ3v) is 7.68. The lowest BCUT2D eigenvalue weighted by atomic mass is 9.96. The molecule has 1 aromatic heterocycles. The van der Waals surface area contributed by atoms with Gasteiger partial charge in [0.25, 0.3) is 0 Å². The minimum absolute atomic E-state index is 0.00417. The maximum Gasteiger partial charge on any atom is 0.490 e. The Balaban J connectivity index is 2.18. The van der Waals surface area contributed by atoms with Gasteiger partial charge in [0.1, 0.15) is 11.9 Å². The highest BCUT2D eigenvalue weighted by molar-refractivity contribution is 7.71. The van der Waals surface area contributed by atoms with E-state index in [0.717, 1.165) is 4.57 Å². The Kier molecular flexibility index (Phi) is 7.64. The highest BCUT2D eigenvalue weighted by Crippen LogP contribution is 2.66. The Bertz CT molecular complexity index is 1090. The first-order valence-electron chi connectivity index (χ1n) is 7.62. The van der Waals surface area contributed by atoms with Gasteiger partial charge in [-0.3, -0.25) is 9.09 Å². The van der Waals surface area contributed by atoms with Crippen LogP contribution < -0.4 is 5.73 Å². The molecule has 20 heteroatoms. The normalized spacial score (nSPS) is 30.3. The van der Waals surface area contributed by atoms with Gasteiger partial charge in [-0.05, 0) is 18.3 Å². The summed E-state index contributed by atoms with van der Waals surface area (Å²) < 4.78 is 65.8. The van der Waals surface area contributed by atoms with Crippen molar-refractivity contribution >= 4 is 41.5 Å². The zero-order valence-electron chi connectivity index (χ0n) is 14.9. The van der Waals surface area contributed by atoms with Gasteiger partial charge in [0.15, 0.2) is 12.4 Å². The van der Waals surface area contributed by atoms with Crippen molar-refractivity contribution in [1.29, 1.82) is 0 Å². The fourth-order valence-corrected chi connectivity index (χ4v) is 5.68. The molecule has 7 N–H and O–H groups in total. The van der Waals surface area contributed by atoms with Gasteiger partial charge < -0.3 is 35.2 Å². The standard InChI is InChI=1S/C11H15FN3O12P3S/c1-2-11(16)8(12)6(25-9(11)15-4-3-7(13)14-10(15)31)5-24-29(20,21)27-30(22,23)26-28(17,18)19/h1,3-4,6,8-9,16H,5H2,(H,20,21)(H,22,23)(H2,13,14,31)(H2,17,18,19)/t6-,8?,9-,11-/m1/s1. The molecule has 1 saturated heterocycles. The first kappa shape index (κ1) is 26.2. The van der Waals surface area contributed by atoms with Crippen LogP contribution in [0.25, 0.3) is 0 Å². The number of ether oxygens (including phenoxy) is 1. The molecule has 2 rings (SSSR count). The van der Waals surface area contributed by atoms with Crippen molar-refractivity contribution in [1.82, 2.24) is 9.55 Å². The summed E-state index contributed by atoms with van der Waals surface area (Å²) >= 11 is 4.95. The molecule has 174 valence electrons. The molecule has 0 aliphatic carbocycles. The second-order valence-corrected chi connectivity index (χ2v) is 10.6. The van der Waals surface area contributed by atoms with E-state index in [1.165, 1.54) is 12.3 Å². The second kappa shape index (κ2) is 9.05. The summed E-state index contributed by atoms with van der Waals surface area (Å²) in [5.74, 6) is 1.80. The van der Waals surface area contributed by atoms with Crippen LogP contribution in [0.15, 0.2) is 12.3 Å². The lowest BCUT2D eigenvalue weighted by Gasteiger charge is -2.25. The first-order chi connectivity index (χ1) is 14.0. The number of anilines is 1. The third-order valence-electron chi connectivity index (χ3n) is 3.58. The average Bonchev–Trinajstić information content (AvgIpc) is 2.82. The van der Waals surface area contributed by atoms with Crippen molar-refractivity contribution < 1.29 is 60.6 Å². The number of halogens is 1. The fourth-order valence-electron chi connectivity index (χ4n) is 2.39. The van der Waals surface area contributed by atoms with E-state index >= 15 is 0 Å². The van der Waals surface area contributed by atoms with Crippen LogP contribution in [0.3, 0.4) is 0 Å². The van der Waals surface area contributed by atoms with Crippen LogP contribution in [0, 0.1) is 17.1 Å². The smallest absolute Gasteiger partial charge is 0.384 e. The first-order valence-corrected chi connectivity index (χ1v) is 12.6. The predicted octanol–water partition coefficient (Wildman–Crippen LogP) is 0.138. The number of hydrogen-bond acceptors (Lipinski definition) is 11. The zero-order chi connectivity index (χ0) is 23.8. The minimum Gasteiger partial charge on any atom is -0.384 e. The second-order valence-electron chi connectivity index (χ2n) is 5.83. The molecule has 1 aromatic rings. The van der Waals surface area contributed by atoms with Gasteiger partial charge >= 0.3 is 23.5 Å². The maximum atomic E-state index is 14.8. The molecule has 0 radical (unpaired) electrons. The predicted molar refractivity (Wildman–Crippen MR) is 99.9 cm³/mol. The largest absolute Gasteiger partial charge is 0.490 e. The SMILES string of the molecule is C#C[C@@]1(O)C(F)[C@@H](COP(=O)(O)OP(=O)(O)OP(=O)(O)O)O[C@H]1n1ccc(N)nc1=S. The summed E-state index contributed by atoms with van der Waals surface area (Å²) in [6.07, 6.45) is 0.448. The molecule has 0 spiro atoms. The van der Waals surface area contributed by atoms with Crippen LogP contribution in [0.5, 0.6) is 0 Å². The number of nitrogen functional groups attached to an aromatic ring is 1. The lowest BCUT2D eigenvalue weighted by Crippen LogP contribution is -2.43. The van der Waals surface area contributed by atoms with Crippen LogP contribution in [-0.4, -0.2) is 58.7 Å². The Morgan fingerprint density at radius 3 is 2.45 bits per heavy atom. The number of hydrogen-bond donors (Lipinski definition) is 6. The highest BCUT2D eigenvalue weighted by Gasteiger charge is 2.57. The number of nitrogens with zero attached hydrogens (tertiary/aromatic N) is 2. The molecule has 6 atom stereocenters. The molecule has 15 nitrogen and oxygen atoms in total. The summed E-state index contributed by atoms with van der Waals surface area (Å²) in [5.41, 5.74) is 2.81. The molecule has 1 fully saturated rings. The van der Waals surface area contributed by atoms with E-state index in [9.17, 15) is 28.1 Å². The fraction of sp³-hybridized carbons (Fsp3) is 0.455. The van der Waals surface area contributed by atoms with E-state index in [2.05, 4.69) is 18.1 Å². The van der Waals surface area contributed by atoms with Gasteiger partial charge in [0, 0.05) is 6.20 Å². The Labute approximate surface area is 178 Å². The van der Waals surface area contributed by atoms with E-state index in [0.29, 0.717) is 0 Å². The third kappa shape index (κ3) is 6.47. The molecular formula is C11H15FN3O12P3S. The van der Waals surface area contributed by atoms with Crippen molar-refractivity contribution in [2.45, 2.75) is 24.1 Å². The number of aromatic nitrogens is 2. The highest BCUT2D eigenvalue weighted by atomic mass is 32.1. The summed E-state index contributed by atoms with van der Waals surface area (Å²) in [6.45, 7) is -1.18. The van der Waals surface area contributed by atoms with Gasteiger partial charge in [-0.2, -0.15) is 8.62 Å². The van der Waals surface area contributed by atoms with Crippen molar-refractivity contribution in [2.24, 2.45) is 0 Å². The molecule has 0 saturated carbocycles. The topological polar surface area (TPSA) is 233 Å². The molecule has 0 aromatic carbocycles. The summed E-state index contributed by atoms with van der Waals surface area (Å²) in [7, 11) is -16.9. The van der Waals surface area contributed by atoms with Gasteiger partial charge in [-0.1, -0.05) is 5.92 Å². The minimum atomic E-state index is -5.77. The molecule has 1 aliphatic heterocycles. The Morgan fingerprint density at radius 2 is 1.94 bits per heavy atom. The lowest BCUT2D eigenvalue weighted by molar-refractivity contribution is -0.0734. The summed E-state index contributed by atoms with van der Waals surface area (Å²) in [4.78, 5) is 39.2. The maximum absolute atomic E-state index is 14.8.